The van der Waals surface area contributed by atoms with E-state index in [4.69, 9.17) is 47.8 Å². The third-order valence-electron chi connectivity index (χ3n) is 8.79. The molecule has 2 unspecified atom stereocenters. The first-order valence-corrected chi connectivity index (χ1v) is 23.9. The van der Waals surface area contributed by atoms with Crippen LogP contribution in [0.4, 0.5) is 0 Å². The molecule has 0 bridgehead atoms. The topological polar surface area (TPSA) is 55.4 Å². The van der Waals surface area contributed by atoms with Crippen molar-refractivity contribution in [2.45, 2.75) is 52.2 Å². The minimum Gasteiger partial charge on any atom is -0.407 e. The highest BCUT2D eigenvalue weighted by molar-refractivity contribution is 6.61. The molecule has 0 N–H and O–H groups in total. The van der Waals surface area contributed by atoms with Gasteiger partial charge in [-0.05, 0) is 173 Å². The van der Waals surface area contributed by atoms with Crippen LogP contribution in [0.5, 0.6) is 5.75 Å². The molecule has 1 aromatic rings. The van der Waals surface area contributed by atoms with Crippen LogP contribution >= 0.6 is 0 Å². The summed E-state index contributed by atoms with van der Waals surface area (Å²) in [6.45, 7) is 8.04. The maximum atomic E-state index is 6.28. The van der Waals surface area contributed by atoms with Crippen molar-refractivity contribution in [3.63, 3.8) is 0 Å². The monoisotopic (exact) mass is 1060 g/mol. The zero-order chi connectivity index (χ0) is 59.7. The van der Waals surface area contributed by atoms with Gasteiger partial charge in [0, 0.05) is 162 Å². The average molecular weight is 1060 g/mol. The molecule has 7 nitrogen and oxygen atoms in total. The molecule has 380 valence electrons. The predicted molar refractivity (Wildman–Crippen MR) is 322 cm³/mol. The summed E-state index contributed by atoms with van der Waals surface area (Å²) in [7, 11) is 1.26. The highest BCUT2D eigenvalue weighted by atomic mass is 17.2. The Bertz CT molecular complexity index is 4230. The van der Waals surface area contributed by atoms with Gasteiger partial charge < -0.3 is 18.8 Å². The minimum atomic E-state index is -0.548. The molecule has 0 radical (unpaired) electrons. The van der Waals surface area contributed by atoms with Crippen LogP contribution in [0.15, 0.2) is 24.3 Å². The highest BCUT2D eigenvalue weighted by Crippen LogP contribution is 2.25. The normalized spacial score (nSPS) is 9.48. The first-order chi connectivity index (χ1) is 40.8. The van der Waals surface area contributed by atoms with Crippen LogP contribution in [-0.2, 0) is 23.8 Å². The summed E-state index contributed by atoms with van der Waals surface area (Å²) in [5, 5.41) is 0. The molecule has 1 heterocycles. The van der Waals surface area contributed by atoms with Gasteiger partial charge in [0.05, 0.1) is 44.3 Å². The number of hydrogen-bond donors (Lipinski definition) is 0. The van der Waals surface area contributed by atoms with Crippen LogP contribution in [0.3, 0.4) is 0 Å². The van der Waals surface area contributed by atoms with E-state index in [0.717, 1.165) is 5.46 Å². The number of nitrogens with zero attached hydrogens (tertiary/aromatic N) is 1. The molecule has 1 aromatic carbocycles. The number of quaternary nitrogens is 1. The van der Waals surface area contributed by atoms with Gasteiger partial charge in [0.2, 0.25) is 0 Å². The van der Waals surface area contributed by atoms with Gasteiger partial charge in [-0.15, -0.1) is 19.3 Å². The van der Waals surface area contributed by atoms with Crippen LogP contribution in [0.2, 0.25) is 0 Å². The summed E-state index contributed by atoms with van der Waals surface area (Å²) in [6.07, 6.45) is 19.0. The Morgan fingerprint density at radius 2 is 0.843 bits per heavy atom. The van der Waals surface area contributed by atoms with Gasteiger partial charge in [0.25, 0.3) is 0 Å². The fourth-order valence-electron chi connectivity index (χ4n) is 5.13. The molecule has 8 heteroatoms. The summed E-state index contributed by atoms with van der Waals surface area (Å²) >= 11 is 0. The van der Waals surface area contributed by atoms with Gasteiger partial charge in [0.15, 0.2) is 12.1 Å². The van der Waals surface area contributed by atoms with Crippen LogP contribution in [0, 0.1) is 327 Å². The van der Waals surface area contributed by atoms with Crippen LogP contribution < -0.4 is 10.2 Å². The van der Waals surface area contributed by atoms with Crippen molar-refractivity contribution in [1.29, 1.82) is 0 Å². The first kappa shape index (κ1) is 66.1. The molecule has 2 rings (SSSR count). The Kier molecular flexibility index (Phi) is 36.8. The summed E-state index contributed by atoms with van der Waals surface area (Å²) in [4.78, 5) is 11.5. The Morgan fingerprint density at radius 3 is 1.19 bits per heavy atom. The Morgan fingerprint density at radius 1 is 0.506 bits per heavy atom. The van der Waals surface area contributed by atoms with E-state index in [1.807, 2.05) is 33.0 Å². The third-order valence-corrected chi connectivity index (χ3v) is 8.79. The van der Waals surface area contributed by atoms with E-state index in [2.05, 4.69) is 309 Å². The predicted octanol–water partition coefficient (Wildman–Crippen LogP) is 3.03. The van der Waals surface area contributed by atoms with E-state index in [-0.39, 0.29) is 28.7 Å². The maximum absolute atomic E-state index is 6.28. The highest BCUT2D eigenvalue weighted by Gasteiger charge is 2.37. The Labute approximate surface area is 492 Å². The van der Waals surface area contributed by atoms with Crippen molar-refractivity contribution < 1.29 is 33.0 Å². The molecule has 0 aromatic heterocycles. The lowest BCUT2D eigenvalue weighted by molar-refractivity contribution is -0.773. The largest absolute Gasteiger partial charge is 0.493 e. The van der Waals surface area contributed by atoms with E-state index >= 15 is 0 Å². The molecule has 1 aliphatic rings. The van der Waals surface area contributed by atoms with E-state index in [1.165, 1.54) is 0 Å². The van der Waals surface area contributed by atoms with Gasteiger partial charge in [-0.25, -0.2) is 9.78 Å². The third kappa shape index (κ3) is 37.4. The number of hydrogen-bond acceptors (Lipinski definition) is 6. The second kappa shape index (κ2) is 46.3. The lowest BCUT2D eigenvalue weighted by Gasteiger charge is -2.37. The van der Waals surface area contributed by atoms with Crippen LogP contribution in [0.1, 0.15) is 40.0 Å². The van der Waals surface area contributed by atoms with Crippen molar-refractivity contribution in [1.82, 2.24) is 0 Å². The van der Waals surface area contributed by atoms with Crippen molar-refractivity contribution in [2.75, 3.05) is 40.0 Å². The molecule has 83 heavy (non-hydrogen) atoms. The van der Waals surface area contributed by atoms with E-state index in [1.54, 1.807) is 12.1 Å². The van der Waals surface area contributed by atoms with Crippen molar-refractivity contribution in [3.05, 3.63) is 24.3 Å². The average Bonchev–Trinajstić information content (AvgIpc) is 3.63. The molecular weight excluding hydrogens is 1020 g/mol. The molecule has 0 saturated carbocycles. The van der Waals surface area contributed by atoms with Crippen LogP contribution in [-0.4, -0.2) is 63.8 Å². The summed E-state index contributed by atoms with van der Waals surface area (Å²) in [6, 6.07) is 13.3. The van der Waals surface area contributed by atoms with Gasteiger partial charge in [-0.1, -0.05) is 26.0 Å². The second-order valence-corrected chi connectivity index (χ2v) is 15.4. The fraction of sp³-hybridized carbons (Fsp3) is 0.200. The fourth-order valence-corrected chi connectivity index (χ4v) is 5.13. The van der Waals surface area contributed by atoms with E-state index < -0.39 is 7.12 Å². The lowest BCUT2D eigenvalue weighted by atomic mass is 9.76. The Hall–Kier alpha value is -13.0. The van der Waals surface area contributed by atoms with Gasteiger partial charge in [-0.3, -0.25) is 0 Å². The van der Waals surface area contributed by atoms with Gasteiger partial charge in [0.1, 0.15) is 18.4 Å². The molecule has 1 aliphatic heterocycles. The molecule has 0 aliphatic carbocycles. The summed E-state index contributed by atoms with van der Waals surface area (Å²) < 4.78 is 24.0. The summed E-state index contributed by atoms with van der Waals surface area (Å²) in [5.41, 5.74) is 0.458. The molecule has 0 amide bonds. The van der Waals surface area contributed by atoms with Gasteiger partial charge in [-0.2, -0.15) is 4.48 Å². The van der Waals surface area contributed by atoms with Gasteiger partial charge >= 0.3 is 7.12 Å². The zero-order valence-electron chi connectivity index (χ0n) is 45.3. The van der Waals surface area contributed by atoms with E-state index in [9.17, 15) is 0 Å². The number of terminal acetylenes is 3. The van der Waals surface area contributed by atoms with Crippen molar-refractivity contribution in [3.8, 4) is 327 Å². The van der Waals surface area contributed by atoms with Crippen molar-refractivity contribution in [2.24, 2.45) is 5.41 Å². The Balaban J connectivity index is 1.92. The molecule has 1 saturated heterocycles. The van der Waals surface area contributed by atoms with E-state index in [0.29, 0.717) is 51.4 Å². The number of benzene rings is 1. The number of rotatable bonds is 14. The minimum absolute atomic E-state index is 0.0393. The first-order valence-electron chi connectivity index (χ1n) is 23.9. The maximum Gasteiger partial charge on any atom is 0.493 e. The molecule has 1 fully saturated rings. The van der Waals surface area contributed by atoms with Crippen molar-refractivity contribution >= 4 is 12.6 Å². The quantitative estimate of drug-likeness (QED) is 0.0715. The molecular formula is C75H37BNO6+. The standard InChI is InChI=1S/C75H37BNO6/c1-8-12-15-18-21-24-27-30-33-36-39-42-45-48-51-54-62-77(7,63-55-52-49-46-43-40-37-34-31-28-25-22-19-16-13-9-2)64-57-66-82-83-73(11-4)67-71(5)79-68-75(6)69-80-76(81-70-75)72-58-60-74(61-59-72)78-65-56-53-50-47-44-41-38-35-32-29-26-23-20-17-14-10-3/h1-3,58-61,71,73H,11,57,64,66-70H2,4-7H3/q+1. The smallest absolute Gasteiger partial charge is 0.407 e. The molecule has 2 atom stereocenters. The van der Waals surface area contributed by atoms with Crippen LogP contribution in [0.25, 0.3) is 0 Å². The summed E-state index contributed by atoms with van der Waals surface area (Å²) in [5.74, 6) is 121. The molecule has 0 spiro atoms. The number of ether oxygens (including phenoxy) is 2. The lowest BCUT2D eigenvalue weighted by Crippen LogP contribution is -2.50. The SMILES string of the molecule is C#CC#CC#CC#CC#CC#CC#CC#CC#COc1ccc(B2OCC(C)(COC(C)CC(CC)OOCCC[N+](C)(C#CC#CC#CC#CC#CC#CC#CC#CC#C)C#CC#CC#CC#CC#CC#CC#CC#CC#C)CO2)cc1. The zero-order valence-corrected chi connectivity index (χ0v) is 45.3. The second-order valence-electron chi connectivity index (χ2n) is 15.4.